The molecule has 0 radical (unpaired) electrons. The first-order valence-electron chi connectivity index (χ1n) is 8.72. The summed E-state index contributed by atoms with van der Waals surface area (Å²) in [5.41, 5.74) is 2.94. The molecule has 0 saturated heterocycles. The molecule has 5 heteroatoms. The Kier molecular flexibility index (Phi) is 5.01. The van der Waals surface area contributed by atoms with Crippen LogP contribution in [0.25, 0.3) is 22.1 Å². The monoisotopic (exact) mass is 438 g/mol. The second-order valence-electron chi connectivity index (χ2n) is 6.51. The maximum Gasteiger partial charge on any atom is 0.336 e. The van der Waals surface area contributed by atoms with Crippen LogP contribution in [0.2, 0.25) is 0 Å². The van der Waals surface area contributed by atoms with Gasteiger partial charge in [-0.05, 0) is 42.3 Å². The first-order valence-corrected chi connectivity index (χ1v) is 9.51. The van der Waals surface area contributed by atoms with E-state index in [1.807, 2.05) is 43.3 Å². The fraction of sp³-hybridized carbons (Fsp3) is 0.0870. The van der Waals surface area contributed by atoms with Crippen LogP contribution in [-0.2, 0) is 6.61 Å². The number of fused-ring (bicyclic) bond motifs is 1. The molecule has 0 N–H and O–H groups in total. The van der Waals surface area contributed by atoms with E-state index < -0.39 is 5.63 Å². The first-order chi connectivity index (χ1) is 13.5. The number of halogens is 2. The molecule has 3 aromatic carbocycles. The molecule has 28 heavy (non-hydrogen) atoms. The van der Waals surface area contributed by atoms with Crippen molar-refractivity contribution < 1.29 is 13.5 Å². The molecular weight excluding hydrogens is 423 g/mol. The topological polar surface area (TPSA) is 39.4 Å². The van der Waals surface area contributed by atoms with E-state index in [1.54, 1.807) is 18.2 Å². The summed E-state index contributed by atoms with van der Waals surface area (Å²) in [4.78, 5) is 12.1. The molecule has 0 amide bonds. The molecule has 0 aliphatic carbocycles. The Hall–Kier alpha value is -2.92. The van der Waals surface area contributed by atoms with Crippen LogP contribution in [0.4, 0.5) is 4.39 Å². The van der Waals surface area contributed by atoms with Gasteiger partial charge in [0.1, 0.15) is 23.8 Å². The minimum atomic E-state index is -0.429. The van der Waals surface area contributed by atoms with Crippen LogP contribution in [-0.4, -0.2) is 0 Å². The predicted octanol–water partition coefficient (Wildman–Crippen LogP) is 6.25. The maximum absolute atomic E-state index is 14.2. The minimum absolute atomic E-state index is 0.0605. The van der Waals surface area contributed by atoms with Crippen LogP contribution in [0.1, 0.15) is 11.1 Å². The molecule has 0 aliphatic heterocycles. The van der Waals surface area contributed by atoms with E-state index in [9.17, 15) is 9.18 Å². The lowest BCUT2D eigenvalue weighted by Crippen LogP contribution is -2.03. The molecule has 4 rings (SSSR count). The average Bonchev–Trinajstić information content (AvgIpc) is 2.66. The standard InChI is InChI=1S/C23H16BrFO3/c1-14-9-20(27-13-16-7-8-17(24)11-19(16)25)23-18(15-5-3-2-4-6-15)12-22(26)28-21(23)10-14/h2-12H,13H2,1H3. The normalized spacial score (nSPS) is 11.0. The fourth-order valence-electron chi connectivity index (χ4n) is 3.15. The predicted molar refractivity (Wildman–Crippen MR) is 111 cm³/mol. The van der Waals surface area contributed by atoms with Gasteiger partial charge in [-0.1, -0.05) is 52.3 Å². The van der Waals surface area contributed by atoms with Gasteiger partial charge in [0.25, 0.3) is 0 Å². The van der Waals surface area contributed by atoms with Gasteiger partial charge in [-0.25, -0.2) is 9.18 Å². The van der Waals surface area contributed by atoms with Gasteiger partial charge in [0.05, 0.1) is 5.39 Å². The largest absolute Gasteiger partial charge is 0.488 e. The second-order valence-corrected chi connectivity index (χ2v) is 7.42. The molecule has 1 aromatic heterocycles. The zero-order chi connectivity index (χ0) is 19.7. The molecule has 0 atom stereocenters. The number of benzene rings is 3. The van der Waals surface area contributed by atoms with Crippen molar-refractivity contribution in [3.63, 3.8) is 0 Å². The van der Waals surface area contributed by atoms with Crippen molar-refractivity contribution in [2.24, 2.45) is 0 Å². The van der Waals surface area contributed by atoms with Crippen molar-refractivity contribution >= 4 is 26.9 Å². The Bertz CT molecular complexity index is 1220. The summed E-state index contributed by atoms with van der Waals surface area (Å²) in [5.74, 6) is 0.195. The van der Waals surface area contributed by atoms with Crippen LogP contribution in [0, 0.1) is 12.7 Å². The van der Waals surface area contributed by atoms with Crippen molar-refractivity contribution in [2.45, 2.75) is 13.5 Å². The SMILES string of the molecule is Cc1cc(OCc2ccc(Br)cc2F)c2c(-c3ccccc3)cc(=O)oc2c1. The van der Waals surface area contributed by atoms with Crippen LogP contribution in [0.5, 0.6) is 5.75 Å². The highest BCUT2D eigenvalue weighted by atomic mass is 79.9. The maximum atomic E-state index is 14.2. The summed E-state index contributed by atoms with van der Waals surface area (Å²) >= 11 is 3.25. The summed E-state index contributed by atoms with van der Waals surface area (Å²) in [7, 11) is 0. The molecule has 0 aliphatic rings. The number of hydrogen-bond donors (Lipinski definition) is 0. The Morgan fingerprint density at radius 3 is 2.57 bits per heavy atom. The first kappa shape index (κ1) is 18.4. The summed E-state index contributed by atoms with van der Waals surface area (Å²) in [5, 5.41) is 0.689. The van der Waals surface area contributed by atoms with Crippen molar-refractivity contribution in [3.8, 4) is 16.9 Å². The molecule has 4 aromatic rings. The number of aryl methyl sites for hydroxylation is 1. The van der Waals surface area contributed by atoms with Gasteiger partial charge in [-0.15, -0.1) is 0 Å². The van der Waals surface area contributed by atoms with E-state index in [2.05, 4.69) is 15.9 Å². The highest BCUT2D eigenvalue weighted by molar-refractivity contribution is 9.10. The number of hydrogen-bond acceptors (Lipinski definition) is 3. The molecule has 3 nitrogen and oxygen atoms in total. The lowest BCUT2D eigenvalue weighted by atomic mass is 10.0. The molecule has 0 unspecified atom stereocenters. The van der Waals surface area contributed by atoms with E-state index in [-0.39, 0.29) is 12.4 Å². The van der Waals surface area contributed by atoms with Crippen LogP contribution in [0.15, 0.2) is 80.4 Å². The highest BCUT2D eigenvalue weighted by Crippen LogP contribution is 2.36. The lowest BCUT2D eigenvalue weighted by molar-refractivity contribution is 0.303. The Morgan fingerprint density at radius 2 is 1.82 bits per heavy atom. The van der Waals surface area contributed by atoms with Gasteiger partial charge in [-0.2, -0.15) is 0 Å². The Balaban J connectivity index is 1.84. The second kappa shape index (κ2) is 7.60. The third kappa shape index (κ3) is 3.71. The highest BCUT2D eigenvalue weighted by Gasteiger charge is 2.15. The molecule has 0 fully saturated rings. The third-order valence-corrected chi connectivity index (χ3v) is 4.93. The molecule has 0 spiro atoms. The lowest BCUT2D eigenvalue weighted by Gasteiger charge is -2.14. The van der Waals surface area contributed by atoms with Crippen molar-refractivity contribution in [1.82, 2.24) is 0 Å². The quantitative estimate of drug-likeness (QED) is 0.353. The van der Waals surface area contributed by atoms with E-state index in [1.165, 1.54) is 12.1 Å². The molecule has 0 saturated carbocycles. The van der Waals surface area contributed by atoms with Crippen molar-refractivity contribution in [3.05, 3.63) is 98.6 Å². The minimum Gasteiger partial charge on any atom is -0.488 e. The van der Waals surface area contributed by atoms with Crippen molar-refractivity contribution in [2.75, 3.05) is 0 Å². The smallest absolute Gasteiger partial charge is 0.336 e. The fourth-order valence-corrected chi connectivity index (χ4v) is 3.48. The Labute approximate surface area is 169 Å². The summed E-state index contributed by atoms with van der Waals surface area (Å²) < 4.78 is 26.3. The molecule has 140 valence electrons. The van der Waals surface area contributed by atoms with Crippen LogP contribution in [0.3, 0.4) is 0 Å². The van der Waals surface area contributed by atoms with E-state index in [4.69, 9.17) is 9.15 Å². The van der Waals surface area contributed by atoms with Gasteiger partial charge in [-0.3, -0.25) is 0 Å². The zero-order valence-electron chi connectivity index (χ0n) is 15.0. The molecular formula is C23H16BrFO3. The summed E-state index contributed by atoms with van der Waals surface area (Å²) in [6, 6.07) is 19.5. The summed E-state index contributed by atoms with van der Waals surface area (Å²) in [6.45, 7) is 1.95. The van der Waals surface area contributed by atoms with Gasteiger partial charge in [0, 0.05) is 21.7 Å². The summed E-state index contributed by atoms with van der Waals surface area (Å²) in [6.07, 6.45) is 0. The van der Waals surface area contributed by atoms with E-state index in [0.29, 0.717) is 26.8 Å². The molecule has 0 bridgehead atoms. The van der Waals surface area contributed by atoms with E-state index in [0.717, 1.165) is 16.7 Å². The van der Waals surface area contributed by atoms with Gasteiger partial charge in [0.15, 0.2) is 0 Å². The number of rotatable bonds is 4. The zero-order valence-corrected chi connectivity index (χ0v) is 16.6. The van der Waals surface area contributed by atoms with Gasteiger partial charge < -0.3 is 9.15 Å². The molecule has 1 heterocycles. The Morgan fingerprint density at radius 1 is 1.04 bits per heavy atom. The average molecular weight is 439 g/mol. The van der Waals surface area contributed by atoms with Crippen LogP contribution >= 0.6 is 15.9 Å². The van der Waals surface area contributed by atoms with E-state index >= 15 is 0 Å². The number of ether oxygens (including phenoxy) is 1. The third-order valence-electron chi connectivity index (χ3n) is 4.44. The van der Waals surface area contributed by atoms with Crippen LogP contribution < -0.4 is 10.4 Å². The van der Waals surface area contributed by atoms with Gasteiger partial charge in [0.2, 0.25) is 0 Å². The van der Waals surface area contributed by atoms with Crippen molar-refractivity contribution in [1.29, 1.82) is 0 Å². The van der Waals surface area contributed by atoms with Gasteiger partial charge >= 0.3 is 5.63 Å².